The number of hydrogen-bond donors (Lipinski definition) is 3. The maximum atomic E-state index is 11.8. The number of hydrogen-bond acceptors (Lipinski definition) is 2. The van der Waals surface area contributed by atoms with E-state index in [9.17, 15) is 4.79 Å². The lowest BCUT2D eigenvalue weighted by molar-refractivity contribution is -0.347. The normalized spacial score (nSPS) is 10.2. The molecular formula is C16H17Cl2N4O+. The Labute approximate surface area is 144 Å². The fraction of sp³-hybridized carbons (Fsp3) is 0.188. The molecular weight excluding hydrogens is 335 g/mol. The van der Waals surface area contributed by atoms with Crippen molar-refractivity contribution in [2.45, 2.75) is 13.0 Å². The van der Waals surface area contributed by atoms with E-state index >= 15 is 0 Å². The average molecular weight is 352 g/mol. The number of nitrogens with one attached hydrogen (secondary N) is 3. The van der Waals surface area contributed by atoms with Crippen LogP contribution < -0.4 is 15.6 Å². The molecule has 0 aliphatic rings. The van der Waals surface area contributed by atoms with Crippen LogP contribution in [0.25, 0.3) is 0 Å². The molecule has 0 fully saturated rings. The zero-order valence-electron chi connectivity index (χ0n) is 12.4. The van der Waals surface area contributed by atoms with Gasteiger partial charge in [0.2, 0.25) is 0 Å². The van der Waals surface area contributed by atoms with Crippen LogP contribution in [0.1, 0.15) is 11.3 Å². The predicted molar refractivity (Wildman–Crippen MR) is 92.4 cm³/mol. The van der Waals surface area contributed by atoms with E-state index in [0.717, 1.165) is 11.3 Å². The van der Waals surface area contributed by atoms with Gasteiger partial charge in [-0.25, -0.2) is 4.79 Å². The smallest absolute Gasteiger partial charge is 0.320 e. The van der Waals surface area contributed by atoms with E-state index in [2.05, 4.69) is 27.3 Å². The zero-order chi connectivity index (χ0) is 16.7. The van der Waals surface area contributed by atoms with Gasteiger partial charge < -0.3 is 10.6 Å². The maximum Gasteiger partial charge on any atom is 0.320 e. The highest BCUT2D eigenvalue weighted by molar-refractivity contribution is 6.42. The van der Waals surface area contributed by atoms with E-state index in [1.807, 2.05) is 24.3 Å². The van der Waals surface area contributed by atoms with Crippen LogP contribution in [0.5, 0.6) is 0 Å². The van der Waals surface area contributed by atoms with Gasteiger partial charge in [-0.05, 0) is 34.8 Å². The second kappa shape index (κ2) is 8.50. The molecule has 23 heavy (non-hydrogen) atoms. The lowest BCUT2D eigenvalue weighted by Crippen LogP contribution is -2.58. The van der Waals surface area contributed by atoms with Crippen LogP contribution in [0.15, 0.2) is 36.4 Å². The fourth-order valence-electron chi connectivity index (χ4n) is 1.92. The molecule has 1 aromatic carbocycles. The van der Waals surface area contributed by atoms with E-state index in [-0.39, 0.29) is 6.03 Å². The lowest BCUT2D eigenvalue weighted by atomic mass is 10.2. The van der Waals surface area contributed by atoms with Gasteiger partial charge in [-0.3, -0.25) is 4.99 Å². The van der Waals surface area contributed by atoms with Crippen LogP contribution in [-0.2, 0) is 13.0 Å². The third kappa shape index (κ3) is 5.54. The Balaban J connectivity index is 1.74. The van der Waals surface area contributed by atoms with Crippen molar-refractivity contribution in [1.29, 1.82) is 0 Å². The Morgan fingerprint density at radius 1 is 1.17 bits per heavy atom. The summed E-state index contributed by atoms with van der Waals surface area (Å²) in [5.41, 5.74) is 1.76. The Morgan fingerprint density at radius 2 is 2.00 bits per heavy atom. The molecule has 2 aromatic rings. The number of nitrogens with zero attached hydrogens (tertiary/aromatic N) is 1. The largest absolute Gasteiger partial charge is 0.338 e. The Bertz CT molecular complexity index is 706. The van der Waals surface area contributed by atoms with Crippen molar-refractivity contribution >= 4 is 41.8 Å². The van der Waals surface area contributed by atoms with Crippen LogP contribution in [0.4, 0.5) is 10.6 Å². The number of carbonyl (C=O) groups is 1. The molecule has 2 amide bonds. The molecule has 7 heteroatoms. The van der Waals surface area contributed by atoms with Gasteiger partial charge in [-0.1, -0.05) is 29.3 Å². The number of halogens is 2. The molecule has 1 heterocycles. The molecule has 0 aliphatic carbocycles. The first-order chi connectivity index (χ1) is 11.1. The van der Waals surface area contributed by atoms with Gasteiger partial charge in [0.25, 0.3) is 0 Å². The molecule has 5 nitrogen and oxygen atoms in total. The molecule has 0 bridgehead atoms. The predicted octanol–water partition coefficient (Wildman–Crippen LogP) is 1.84. The van der Waals surface area contributed by atoms with Crippen LogP contribution in [0.3, 0.4) is 0 Å². The summed E-state index contributed by atoms with van der Waals surface area (Å²) >= 11 is 11.8. The van der Waals surface area contributed by atoms with Gasteiger partial charge in [-0.2, -0.15) is 0 Å². The first kappa shape index (κ1) is 17.2. The number of carbonyl (C=O) groups excluding carboxylic acids is 1. The topological polar surface area (TPSA) is 68.0 Å². The second-order valence-electron chi connectivity index (χ2n) is 4.80. The fourth-order valence-corrected chi connectivity index (χ4v) is 2.24. The van der Waals surface area contributed by atoms with Crippen molar-refractivity contribution in [1.82, 2.24) is 15.6 Å². The Morgan fingerprint density at radius 3 is 2.74 bits per heavy atom. The standard InChI is InChI=1S/C16H16Cl2N4O/c1-19-15-4-2-3-12(22-15)7-8-20-16(23)21-10-11-5-6-13(17)14(18)9-11/h2-6,9H,1,7-8,10H2,(H2,20,21,23)/p+1. The van der Waals surface area contributed by atoms with E-state index < -0.39 is 0 Å². The minimum absolute atomic E-state index is 0.248. The van der Waals surface area contributed by atoms with Crippen molar-refractivity contribution < 1.29 is 9.79 Å². The molecule has 0 unspecified atom stereocenters. The first-order valence-corrected chi connectivity index (χ1v) is 7.79. The minimum atomic E-state index is -0.248. The number of urea groups is 1. The van der Waals surface area contributed by atoms with E-state index in [4.69, 9.17) is 23.2 Å². The van der Waals surface area contributed by atoms with Gasteiger partial charge >= 0.3 is 11.8 Å². The van der Waals surface area contributed by atoms with Gasteiger partial charge in [0, 0.05) is 25.6 Å². The third-order valence-corrected chi connectivity index (χ3v) is 3.83. The third-order valence-electron chi connectivity index (χ3n) is 3.09. The molecule has 2 rings (SSSR count). The molecule has 0 radical (unpaired) electrons. The van der Waals surface area contributed by atoms with Crippen molar-refractivity contribution in [2.75, 3.05) is 6.54 Å². The van der Waals surface area contributed by atoms with Crippen molar-refractivity contribution in [3.63, 3.8) is 0 Å². The Kier molecular flexibility index (Phi) is 6.38. The number of pyridine rings is 1. The number of benzene rings is 1. The van der Waals surface area contributed by atoms with Crippen molar-refractivity contribution in [3.8, 4) is 0 Å². The summed E-state index contributed by atoms with van der Waals surface area (Å²) in [6.45, 7) is 4.42. The van der Waals surface area contributed by atoms with E-state index in [0.29, 0.717) is 35.4 Å². The Hall–Kier alpha value is -2.11. The highest BCUT2D eigenvalue weighted by Crippen LogP contribution is 2.22. The molecule has 120 valence electrons. The summed E-state index contributed by atoms with van der Waals surface area (Å²) < 4.78 is 0. The van der Waals surface area contributed by atoms with Gasteiger partial charge in [0.1, 0.15) is 0 Å². The summed E-state index contributed by atoms with van der Waals surface area (Å²) in [4.78, 5) is 18.8. The molecule has 0 aliphatic heterocycles. The van der Waals surface area contributed by atoms with Crippen LogP contribution in [-0.4, -0.2) is 24.3 Å². The maximum absolute atomic E-state index is 11.8. The summed E-state index contributed by atoms with van der Waals surface area (Å²) in [5, 5.41) is 6.50. The van der Waals surface area contributed by atoms with Crippen LogP contribution in [0.2, 0.25) is 10.0 Å². The van der Waals surface area contributed by atoms with Crippen LogP contribution in [0, 0.1) is 0 Å². The summed E-state index contributed by atoms with van der Waals surface area (Å²) in [6.07, 6.45) is 0.635. The van der Waals surface area contributed by atoms with Crippen LogP contribution >= 0.6 is 23.2 Å². The molecule has 1 aromatic heterocycles. The van der Waals surface area contributed by atoms with Crippen molar-refractivity contribution in [3.05, 3.63) is 57.7 Å². The second-order valence-corrected chi connectivity index (χ2v) is 5.61. The molecule has 0 atom stereocenters. The monoisotopic (exact) mass is 351 g/mol. The summed E-state index contributed by atoms with van der Waals surface area (Å²) in [5.74, 6) is 0.701. The molecule has 3 N–H and O–H groups in total. The molecule has 0 spiro atoms. The molecule has 0 saturated heterocycles. The number of amides is 2. The van der Waals surface area contributed by atoms with E-state index in [1.54, 1.807) is 12.1 Å². The highest BCUT2D eigenvalue weighted by Gasteiger charge is 2.06. The minimum Gasteiger partial charge on any atom is -0.338 e. The highest BCUT2D eigenvalue weighted by atomic mass is 35.5. The van der Waals surface area contributed by atoms with Gasteiger partial charge in [-0.15, -0.1) is 0 Å². The number of rotatable bonds is 6. The van der Waals surface area contributed by atoms with Gasteiger partial charge in [0.05, 0.1) is 16.8 Å². The van der Waals surface area contributed by atoms with E-state index in [1.165, 1.54) is 0 Å². The quantitative estimate of drug-likeness (QED) is 0.695. The zero-order valence-corrected chi connectivity index (χ0v) is 13.9. The number of aromatic nitrogens is 1. The molecule has 0 saturated carbocycles. The van der Waals surface area contributed by atoms with Gasteiger partial charge in [0.15, 0.2) is 5.69 Å². The lowest BCUT2D eigenvalue weighted by Gasteiger charge is -2.07. The SMILES string of the molecule is C=[NH+]c1cccc(CCNC(=O)NCc2ccc(Cl)c(Cl)c2)n1. The average Bonchev–Trinajstić information content (AvgIpc) is 2.56. The van der Waals surface area contributed by atoms with Crippen molar-refractivity contribution in [2.24, 2.45) is 0 Å². The first-order valence-electron chi connectivity index (χ1n) is 7.03. The summed E-state index contributed by atoms with van der Waals surface area (Å²) in [7, 11) is 0. The summed E-state index contributed by atoms with van der Waals surface area (Å²) in [6, 6.07) is 10.6.